The van der Waals surface area contributed by atoms with Crippen LogP contribution in [0.2, 0.25) is 0 Å². The second-order valence-corrected chi connectivity index (χ2v) is 5.18. The fourth-order valence-electron chi connectivity index (χ4n) is 1.48. The maximum atomic E-state index is 5.64. The van der Waals surface area contributed by atoms with E-state index in [0.29, 0.717) is 16.4 Å². The van der Waals surface area contributed by atoms with E-state index < -0.39 is 0 Å². The van der Waals surface area contributed by atoms with Crippen LogP contribution in [0.4, 0.5) is 5.82 Å². The van der Waals surface area contributed by atoms with Gasteiger partial charge in [0, 0.05) is 11.1 Å². The van der Waals surface area contributed by atoms with Crippen LogP contribution >= 0.6 is 23.6 Å². The maximum Gasteiger partial charge on any atom is 0.159 e. The van der Waals surface area contributed by atoms with E-state index in [-0.39, 0.29) is 6.04 Å². The second kappa shape index (κ2) is 5.36. The number of hydrogen-bond donors (Lipinski definition) is 2. The first-order valence-corrected chi connectivity index (χ1v) is 6.66. The number of thiazole rings is 1. The predicted octanol–water partition coefficient (Wildman–Crippen LogP) is 2.05. The number of rotatable bonds is 4. The lowest BCUT2D eigenvalue weighted by Crippen LogP contribution is -2.16. The predicted molar refractivity (Wildman–Crippen MR) is 76.8 cm³/mol. The molecule has 0 saturated heterocycles. The Bertz CT molecular complexity index is 566. The molecular formula is C11H13N5S2. The van der Waals surface area contributed by atoms with Gasteiger partial charge in [-0.25, -0.2) is 4.98 Å². The van der Waals surface area contributed by atoms with Crippen molar-refractivity contribution in [3.63, 3.8) is 0 Å². The van der Waals surface area contributed by atoms with Gasteiger partial charge in [-0.2, -0.15) is 5.10 Å². The molecule has 0 amide bonds. The Morgan fingerprint density at radius 3 is 2.94 bits per heavy atom. The van der Waals surface area contributed by atoms with Gasteiger partial charge in [-0.1, -0.05) is 12.2 Å². The fraction of sp³-hybridized carbons (Fsp3) is 0.273. The molecule has 1 unspecified atom stereocenters. The van der Waals surface area contributed by atoms with E-state index in [1.54, 1.807) is 23.6 Å². The highest BCUT2D eigenvalue weighted by Gasteiger charge is 2.13. The molecule has 0 bridgehead atoms. The molecule has 0 aliphatic rings. The van der Waals surface area contributed by atoms with Crippen molar-refractivity contribution in [3.8, 4) is 0 Å². The monoisotopic (exact) mass is 279 g/mol. The largest absolute Gasteiger partial charge is 0.389 e. The average Bonchev–Trinajstić information content (AvgIpc) is 2.76. The molecule has 2 aromatic rings. The zero-order chi connectivity index (χ0) is 13.1. The highest BCUT2D eigenvalue weighted by atomic mass is 32.1. The van der Waals surface area contributed by atoms with Gasteiger partial charge in [0.05, 0.1) is 17.8 Å². The molecule has 1 atom stereocenters. The summed E-state index contributed by atoms with van der Waals surface area (Å²) in [5, 5.41) is 14.1. The minimum Gasteiger partial charge on any atom is -0.389 e. The molecule has 94 valence electrons. The molecule has 3 N–H and O–H groups in total. The van der Waals surface area contributed by atoms with E-state index in [9.17, 15) is 0 Å². The van der Waals surface area contributed by atoms with Crippen LogP contribution in [-0.2, 0) is 0 Å². The summed E-state index contributed by atoms with van der Waals surface area (Å²) in [5.74, 6) is 0.588. The van der Waals surface area contributed by atoms with Crippen molar-refractivity contribution in [3.05, 3.63) is 33.9 Å². The van der Waals surface area contributed by atoms with Gasteiger partial charge in [0.25, 0.3) is 0 Å². The van der Waals surface area contributed by atoms with Crippen molar-refractivity contribution in [1.82, 2.24) is 15.2 Å². The molecule has 0 aromatic carbocycles. The van der Waals surface area contributed by atoms with E-state index in [0.717, 1.165) is 10.7 Å². The molecule has 5 nitrogen and oxygen atoms in total. The lowest BCUT2D eigenvalue weighted by atomic mass is 10.2. The quantitative estimate of drug-likeness (QED) is 0.834. The summed E-state index contributed by atoms with van der Waals surface area (Å²) in [4.78, 5) is 4.73. The van der Waals surface area contributed by atoms with Crippen LogP contribution in [0.5, 0.6) is 0 Å². The Balaban J connectivity index is 2.21. The second-order valence-electron chi connectivity index (χ2n) is 3.85. The van der Waals surface area contributed by atoms with Crippen molar-refractivity contribution < 1.29 is 0 Å². The van der Waals surface area contributed by atoms with Crippen LogP contribution in [-0.4, -0.2) is 20.2 Å². The maximum absolute atomic E-state index is 5.64. The first kappa shape index (κ1) is 12.8. The van der Waals surface area contributed by atoms with Gasteiger partial charge in [-0.3, -0.25) is 0 Å². The lowest BCUT2D eigenvalue weighted by Gasteiger charge is -2.13. The van der Waals surface area contributed by atoms with Crippen molar-refractivity contribution in [2.24, 2.45) is 5.73 Å². The van der Waals surface area contributed by atoms with Crippen LogP contribution in [0.3, 0.4) is 0 Å². The molecule has 0 fully saturated rings. The topological polar surface area (TPSA) is 76.7 Å². The van der Waals surface area contributed by atoms with Crippen LogP contribution in [0.1, 0.15) is 29.2 Å². The SMILES string of the molecule is Cc1csc(C(C)Nc2nnccc2C(N)=S)n1. The zero-order valence-corrected chi connectivity index (χ0v) is 11.7. The molecule has 0 radical (unpaired) electrons. The molecule has 7 heteroatoms. The first-order chi connectivity index (χ1) is 8.58. The number of nitrogens with two attached hydrogens (primary N) is 1. The smallest absolute Gasteiger partial charge is 0.159 e. The Labute approximate surface area is 114 Å². The van der Waals surface area contributed by atoms with Crippen LogP contribution < -0.4 is 11.1 Å². The average molecular weight is 279 g/mol. The summed E-state index contributed by atoms with van der Waals surface area (Å²) < 4.78 is 0. The van der Waals surface area contributed by atoms with E-state index >= 15 is 0 Å². The van der Waals surface area contributed by atoms with E-state index in [1.807, 2.05) is 19.2 Å². The Kier molecular flexibility index (Phi) is 3.83. The standard InChI is InChI=1S/C11H13N5S2/c1-6-5-18-11(14-6)7(2)15-10-8(9(12)17)3-4-13-16-10/h3-5,7H,1-2H3,(H2,12,17)(H,15,16). The van der Waals surface area contributed by atoms with Crippen molar-refractivity contribution in [2.75, 3.05) is 5.32 Å². The summed E-state index contributed by atoms with van der Waals surface area (Å²) in [7, 11) is 0. The molecule has 0 saturated carbocycles. The molecule has 0 aliphatic heterocycles. The van der Waals surface area contributed by atoms with Crippen molar-refractivity contribution >= 4 is 34.4 Å². The van der Waals surface area contributed by atoms with Gasteiger partial charge in [0.2, 0.25) is 0 Å². The minimum absolute atomic E-state index is 0.0356. The normalized spacial score (nSPS) is 12.1. The number of anilines is 1. The van der Waals surface area contributed by atoms with Gasteiger partial charge >= 0.3 is 0 Å². The van der Waals surface area contributed by atoms with Gasteiger partial charge < -0.3 is 11.1 Å². The number of nitrogens with zero attached hydrogens (tertiary/aromatic N) is 3. The van der Waals surface area contributed by atoms with Gasteiger partial charge in [0.1, 0.15) is 10.00 Å². The summed E-state index contributed by atoms with van der Waals surface area (Å²) in [5.41, 5.74) is 7.35. The number of hydrogen-bond acceptors (Lipinski definition) is 6. The number of thiocarbonyl (C=S) groups is 1. The number of aromatic nitrogens is 3. The molecule has 2 rings (SSSR count). The molecule has 18 heavy (non-hydrogen) atoms. The summed E-state index contributed by atoms with van der Waals surface area (Å²) >= 11 is 6.59. The van der Waals surface area contributed by atoms with Crippen LogP contribution in [0, 0.1) is 6.92 Å². The molecular weight excluding hydrogens is 266 g/mol. The van der Waals surface area contributed by atoms with E-state index in [1.165, 1.54) is 0 Å². The third kappa shape index (κ3) is 2.80. The first-order valence-electron chi connectivity index (χ1n) is 5.38. The van der Waals surface area contributed by atoms with E-state index in [2.05, 4.69) is 20.5 Å². The highest BCUT2D eigenvalue weighted by Crippen LogP contribution is 2.22. The number of aryl methyl sites for hydroxylation is 1. The highest BCUT2D eigenvalue weighted by molar-refractivity contribution is 7.80. The molecule has 2 aromatic heterocycles. The third-order valence-corrected chi connectivity index (χ3v) is 3.71. The summed E-state index contributed by atoms with van der Waals surface area (Å²) in [6.07, 6.45) is 1.57. The van der Waals surface area contributed by atoms with Gasteiger partial charge in [0.15, 0.2) is 5.82 Å². The van der Waals surface area contributed by atoms with Gasteiger partial charge in [-0.15, -0.1) is 16.4 Å². The fourth-order valence-corrected chi connectivity index (χ4v) is 2.44. The molecule has 0 aliphatic carbocycles. The van der Waals surface area contributed by atoms with Crippen molar-refractivity contribution in [1.29, 1.82) is 0 Å². The van der Waals surface area contributed by atoms with Crippen LogP contribution in [0.25, 0.3) is 0 Å². The molecule has 2 heterocycles. The minimum atomic E-state index is 0.0356. The lowest BCUT2D eigenvalue weighted by molar-refractivity contribution is 0.843. The summed E-state index contributed by atoms with van der Waals surface area (Å²) in [6, 6.07) is 1.78. The Morgan fingerprint density at radius 1 is 1.56 bits per heavy atom. The summed E-state index contributed by atoms with van der Waals surface area (Å²) in [6.45, 7) is 3.98. The van der Waals surface area contributed by atoms with Crippen LogP contribution in [0.15, 0.2) is 17.6 Å². The van der Waals surface area contributed by atoms with Gasteiger partial charge in [-0.05, 0) is 19.9 Å². The zero-order valence-electron chi connectivity index (χ0n) is 10.0. The third-order valence-electron chi connectivity index (χ3n) is 2.35. The number of nitrogens with one attached hydrogen (secondary N) is 1. The Hall–Kier alpha value is -1.60. The molecule has 0 spiro atoms. The Morgan fingerprint density at radius 2 is 2.33 bits per heavy atom. The van der Waals surface area contributed by atoms with Crippen molar-refractivity contribution in [2.45, 2.75) is 19.9 Å². The van der Waals surface area contributed by atoms with E-state index in [4.69, 9.17) is 18.0 Å².